The molecule has 4 N–H and O–H groups in total. The molecule has 37 heavy (non-hydrogen) atoms. The number of likely N-dealkylation sites (tertiary alicyclic amines) is 1. The number of fused-ring (bicyclic) bond motifs is 1. The van der Waals surface area contributed by atoms with Crippen molar-refractivity contribution in [2.45, 2.75) is 25.8 Å². The van der Waals surface area contributed by atoms with Crippen molar-refractivity contribution in [3.05, 3.63) is 60.2 Å². The van der Waals surface area contributed by atoms with Crippen molar-refractivity contribution < 1.29 is 22.8 Å². The molecule has 0 radical (unpaired) electrons. The quantitative estimate of drug-likeness (QED) is 0.236. The monoisotopic (exact) mass is 529 g/mol. The molecule has 3 rings (SSSR count). The summed E-state index contributed by atoms with van der Waals surface area (Å²) in [6.07, 6.45) is 4.17. The molecule has 0 saturated carbocycles. The summed E-state index contributed by atoms with van der Waals surface area (Å²) < 4.78 is 24.8. The van der Waals surface area contributed by atoms with Crippen LogP contribution in [0.3, 0.4) is 0 Å². The second kappa shape index (κ2) is 13.9. The first kappa shape index (κ1) is 28.3. The van der Waals surface area contributed by atoms with E-state index in [1.807, 2.05) is 6.07 Å². The normalized spacial score (nSPS) is 15.9. The van der Waals surface area contributed by atoms with Gasteiger partial charge in [-0.25, -0.2) is 8.42 Å². The Morgan fingerprint density at radius 3 is 2.49 bits per heavy atom. The SMILES string of the molecule is CC(c1cccc2ccccc12)N1CCC(CN(CC(=O)NCC(=O)NC/C=C/C(N)=O)[SH](=O)=O)CC1. The first-order valence-electron chi connectivity index (χ1n) is 12.3. The molecule has 1 saturated heterocycles. The van der Waals surface area contributed by atoms with Gasteiger partial charge < -0.3 is 16.4 Å². The van der Waals surface area contributed by atoms with Gasteiger partial charge in [-0.15, -0.1) is 0 Å². The molecule has 1 atom stereocenters. The lowest BCUT2D eigenvalue weighted by atomic mass is 9.93. The minimum atomic E-state index is -2.94. The van der Waals surface area contributed by atoms with Crippen LogP contribution >= 0.6 is 0 Å². The molecule has 1 heterocycles. The highest BCUT2D eigenvalue weighted by atomic mass is 32.2. The van der Waals surface area contributed by atoms with Crippen molar-refractivity contribution in [3.8, 4) is 0 Å². The largest absolute Gasteiger partial charge is 0.366 e. The molecule has 2 aromatic rings. The maximum atomic E-state index is 12.2. The molecule has 0 aromatic heterocycles. The van der Waals surface area contributed by atoms with Gasteiger partial charge in [0.15, 0.2) is 0 Å². The van der Waals surface area contributed by atoms with Gasteiger partial charge in [0.25, 0.3) is 0 Å². The van der Waals surface area contributed by atoms with Gasteiger partial charge in [-0.3, -0.25) is 19.3 Å². The van der Waals surface area contributed by atoms with Crippen LogP contribution in [0.1, 0.15) is 31.4 Å². The molecule has 10 nitrogen and oxygen atoms in total. The van der Waals surface area contributed by atoms with Gasteiger partial charge in [0.1, 0.15) is 0 Å². The molecule has 11 heteroatoms. The molecule has 2 aromatic carbocycles. The Labute approximate surface area is 218 Å². The average Bonchev–Trinajstić information content (AvgIpc) is 2.89. The molecule has 3 amide bonds. The van der Waals surface area contributed by atoms with Crippen molar-refractivity contribution in [2.75, 3.05) is 39.3 Å². The first-order valence-corrected chi connectivity index (χ1v) is 13.5. The van der Waals surface area contributed by atoms with Crippen molar-refractivity contribution in [1.29, 1.82) is 0 Å². The van der Waals surface area contributed by atoms with Gasteiger partial charge in [0, 0.05) is 25.2 Å². The zero-order chi connectivity index (χ0) is 26.8. The first-order chi connectivity index (χ1) is 17.7. The lowest BCUT2D eigenvalue weighted by Gasteiger charge is -2.37. The Balaban J connectivity index is 1.45. The van der Waals surface area contributed by atoms with Gasteiger partial charge in [-0.1, -0.05) is 48.5 Å². The molecule has 1 aliphatic rings. The summed E-state index contributed by atoms with van der Waals surface area (Å²) in [5.41, 5.74) is 6.24. The number of hydrogen-bond acceptors (Lipinski definition) is 6. The molecule has 1 unspecified atom stereocenters. The van der Waals surface area contributed by atoms with E-state index >= 15 is 0 Å². The van der Waals surface area contributed by atoms with Gasteiger partial charge in [0.2, 0.25) is 28.6 Å². The van der Waals surface area contributed by atoms with Crippen molar-refractivity contribution >= 4 is 39.4 Å². The lowest BCUT2D eigenvalue weighted by Crippen LogP contribution is -2.44. The maximum Gasteiger partial charge on any atom is 0.241 e. The van der Waals surface area contributed by atoms with E-state index in [9.17, 15) is 22.8 Å². The Morgan fingerprint density at radius 2 is 1.78 bits per heavy atom. The number of nitrogens with zero attached hydrogens (tertiary/aromatic N) is 2. The van der Waals surface area contributed by atoms with Crippen LogP contribution in [0.2, 0.25) is 0 Å². The second-order valence-corrected chi connectivity index (χ2v) is 10.2. The van der Waals surface area contributed by atoms with Crippen molar-refractivity contribution in [1.82, 2.24) is 19.8 Å². The number of carbonyl (C=O) groups excluding carboxylic acids is 3. The van der Waals surface area contributed by atoms with E-state index in [-0.39, 0.29) is 38.1 Å². The fraction of sp³-hybridized carbons (Fsp3) is 0.423. The minimum Gasteiger partial charge on any atom is -0.366 e. The number of carbonyl (C=O) groups is 3. The predicted molar refractivity (Wildman–Crippen MR) is 143 cm³/mol. The molecule has 1 fully saturated rings. The third-order valence-electron chi connectivity index (χ3n) is 6.64. The van der Waals surface area contributed by atoms with E-state index in [0.717, 1.165) is 36.3 Å². The smallest absolute Gasteiger partial charge is 0.241 e. The minimum absolute atomic E-state index is 0.0913. The van der Waals surface area contributed by atoms with Gasteiger partial charge in [-0.05, 0) is 55.1 Å². The number of primary amides is 1. The number of nitrogens with two attached hydrogens (primary N) is 1. The fourth-order valence-electron chi connectivity index (χ4n) is 4.63. The molecule has 1 aliphatic heterocycles. The van der Waals surface area contributed by atoms with E-state index in [2.05, 4.69) is 58.9 Å². The summed E-state index contributed by atoms with van der Waals surface area (Å²) >= 11 is 0. The molecular weight excluding hydrogens is 494 g/mol. The Morgan fingerprint density at radius 1 is 1.08 bits per heavy atom. The highest BCUT2D eigenvalue weighted by Gasteiger charge is 2.27. The Hall–Kier alpha value is -3.28. The van der Waals surface area contributed by atoms with Crippen LogP contribution in [0.25, 0.3) is 10.8 Å². The molecule has 0 spiro atoms. The number of rotatable bonds is 12. The van der Waals surface area contributed by atoms with Crippen LogP contribution in [0.5, 0.6) is 0 Å². The Kier molecular flexibility index (Phi) is 10.6. The van der Waals surface area contributed by atoms with Crippen molar-refractivity contribution in [3.63, 3.8) is 0 Å². The van der Waals surface area contributed by atoms with Gasteiger partial charge in [-0.2, -0.15) is 4.31 Å². The lowest BCUT2D eigenvalue weighted by molar-refractivity contribution is -0.126. The van der Waals surface area contributed by atoms with E-state index in [4.69, 9.17) is 5.73 Å². The fourth-order valence-corrected chi connectivity index (χ4v) is 5.24. The van der Waals surface area contributed by atoms with E-state index in [0.29, 0.717) is 0 Å². The summed E-state index contributed by atoms with van der Waals surface area (Å²) in [5.74, 6) is -1.49. The second-order valence-electron chi connectivity index (χ2n) is 9.19. The third kappa shape index (κ3) is 8.66. The topological polar surface area (TPSA) is 142 Å². The Bertz CT molecular complexity index is 1190. The molecule has 0 bridgehead atoms. The number of benzene rings is 2. The highest BCUT2D eigenvalue weighted by molar-refractivity contribution is 7.69. The van der Waals surface area contributed by atoms with Crippen LogP contribution in [-0.2, 0) is 25.3 Å². The predicted octanol–water partition coefficient (Wildman–Crippen LogP) is 0.715. The summed E-state index contributed by atoms with van der Waals surface area (Å²) in [6, 6.07) is 15.0. The van der Waals surface area contributed by atoms with Crippen LogP contribution in [0, 0.1) is 5.92 Å². The summed E-state index contributed by atoms with van der Waals surface area (Å²) in [7, 11) is -2.94. The average molecular weight is 530 g/mol. The van der Waals surface area contributed by atoms with E-state index < -0.39 is 28.6 Å². The van der Waals surface area contributed by atoms with Crippen LogP contribution in [0.4, 0.5) is 0 Å². The number of thiol groups is 1. The standard InChI is InChI=1S/C26H35N5O5S/c1-19(22-9-4-7-21-6-2-3-8-23(21)22)30-14-11-20(12-15-30)17-31(37(35)36)18-26(34)29-16-25(33)28-13-5-10-24(27)32/h2-10,19-20,37H,11-18H2,1H3,(H2,27,32)(H,28,33)(H,29,34)/b10-5+. The molecular formula is C26H35N5O5S. The van der Waals surface area contributed by atoms with Gasteiger partial charge in [0.05, 0.1) is 13.1 Å². The van der Waals surface area contributed by atoms with Crippen LogP contribution < -0.4 is 16.4 Å². The van der Waals surface area contributed by atoms with Gasteiger partial charge >= 0.3 is 0 Å². The molecule has 0 aliphatic carbocycles. The number of piperidine rings is 1. The molecule has 200 valence electrons. The number of hydrogen-bond donors (Lipinski definition) is 4. The van der Waals surface area contributed by atoms with E-state index in [1.54, 1.807) is 0 Å². The van der Waals surface area contributed by atoms with E-state index in [1.165, 1.54) is 22.4 Å². The van der Waals surface area contributed by atoms with Crippen LogP contribution in [-0.4, -0.2) is 74.6 Å². The summed E-state index contributed by atoms with van der Waals surface area (Å²) in [6.45, 7) is 3.62. The zero-order valence-corrected chi connectivity index (χ0v) is 21.9. The summed E-state index contributed by atoms with van der Waals surface area (Å²) in [4.78, 5) is 37.1. The van der Waals surface area contributed by atoms with Crippen molar-refractivity contribution in [2.24, 2.45) is 11.7 Å². The number of nitrogens with one attached hydrogen (secondary N) is 2. The maximum absolute atomic E-state index is 12.2. The highest BCUT2D eigenvalue weighted by Crippen LogP contribution is 2.31. The zero-order valence-electron chi connectivity index (χ0n) is 21.0. The third-order valence-corrected chi connectivity index (χ3v) is 7.41. The van der Waals surface area contributed by atoms with Crippen LogP contribution in [0.15, 0.2) is 54.6 Å². The summed E-state index contributed by atoms with van der Waals surface area (Å²) in [5, 5.41) is 7.37. The number of amides is 3.